The second-order valence-electron chi connectivity index (χ2n) is 5.55. The Hall–Kier alpha value is -2.35. The topological polar surface area (TPSA) is 84.5 Å². The zero-order valence-electron chi connectivity index (χ0n) is 13.7. The van der Waals surface area contributed by atoms with Gasteiger partial charge < -0.3 is 5.11 Å². The first-order valence-electron chi connectivity index (χ1n) is 7.78. The van der Waals surface area contributed by atoms with E-state index in [2.05, 4.69) is 0 Å². The first kappa shape index (κ1) is 18.0. The van der Waals surface area contributed by atoms with Gasteiger partial charge in [-0.2, -0.15) is 4.07 Å². The number of carboxylic acid groups (broad SMARTS) is 1. The summed E-state index contributed by atoms with van der Waals surface area (Å²) in [6.45, 7) is 2.14. The van der Waals surface area contributed by atoms with Crippen LogP contribution in [0.25, 0.3) is 0 Å². The van der Waals surface area contributed by atoms with Crippen molar-refractivity contribution in [1.82, 2.24) is 8.63 Å². The molecule has 0 spiro atoms. The molecule has 0 radical (unpaired) electrons. The van der Waals surface area contributed by atoms with Crippen molar-refractivity contribution in [2.45, 2.75) is 38.8 Å². The third kappa shape index (κ3) is 3.94. The van der Waals surface area contributed by atoms with Crippen molar-refractivity contribution in [3.8, 4) is 0 Å². The molecule has 2 aromatic rings. The molecule has 0 bridgehead atoms. The summed E-state index contributed by atoms with van der Waals surface area (Å²) >= 11 is 0.722. The molecule has 130 valence electrons. The molecule has 1 N–H and O–H groups in total. The van der Waals surface area contributed by atoms with E-state index in [0.29, 0.717) is 6.42 Å². The van der Waals surface area contributed by atoms with Crippen LogP contribution in [0.3, 0.4) is 0 Å². The van der Waals surface area contributed by atoms with Crippen molar-refractivity contribution in [2.75, 3.05) is 12.1 Å². The molecule has 1 aromatic heterocycles. The molecule has 0 amide bonds. The highest BCUT2D eigenvalue weighted by molar-refractivity contribution is 7.03. The minimum atomic E-state index is -1.01. The van der Waals surface area contributed by atoms with Gasteiger partial charge in [0.05, 0.1) is 6.54 Å². The molecule has 1 unspecified atom stereocenters. The summed E-state index contributed by atoms with van der Waals surface area (Å²) in [6, 6.07) is 8.35. The third-order valence-electron chi connectivity index (χ3n) is 3.82. The predicted octanol–water partition coefficient (Wildman–Crippen LogP) is 1.33. The van der Waals surface area contributed by atoms with Gasteiger partial charge in [-0.1, -0.05) is 50.1 Å². The predicted molar refractivity (Wildman–Crippen MR) is 93.5 cm³/mol. The molecular weight excluding hydrogens is 330 g/mol. The molecule has 0 fully saturated rings. The second-order valence-corrected chi connectivity index (χ2v) is 6.43. The SMILES string of the molecule is CCCCC(C(=O)O)N(C)n1sc(=O)n(Cc2ccccc2)c1=O. The Balaban J connectivity index is 2.31. The van der Waals surface area contributed by atoms with Crippen LogP contribution in [0.2, 0.25) is 0 Å². The standard InChI is InChI=1S/C16H21N3O4S/c1-3-4-10-13(14(20)21)17(2)19-15(22)18(16(23)24-19)11-12-8-6-5-7-9-12/h5-9,13H,3-4,10-11H2,1-2H3,(H,20,21). The minimum absolute atomic E-state index is 0.169. The van der Waals surface area contributed by atoms with E-state index in [9.17, 15) is 19.5 Å². The van der Waals surface area contributed by atoms with Crippen molar-refractivity contribution in [3.63, 3.8) is 0 Å². The Bertz CT molecular complexity index is 794. The number of benzene rings is 1. The number of aromatic nitrogens is 2. The number of carbonyl (C=O) groups is 1. The Kier molecular flexibility index (Phi) is 5.97. The third-order valence-corrected chi connectivity index (χ3v) is 4.78. The lowest BCUT2D eigenvalue weighted by Gasteiger charge is -2.25. The molecule has 0 aliphatic carbocycles. The lowest BCUT2D eigenvalue weighted by Crippen LogP contribution is -2.49. The van der Waals surface area contributed by atoms with Crippen LogP contribution < -0.4 is 15.6 Å². The van der Waals surface area contributed by atoms with E-state index in [1.807, 2.05) is 37.3 Å². The van der Waals surface area contributed by atoms with Crippen molar-refractivity contribution >= 4 is 17.5 Å². The smallest absolute Gasteiger partial charge is 0.360 e. The first-order valence-corrected chi connectivity index (χ1v) is 8.56. The molecule has 24 heavy (non-hydrogen) atoms. The maximum Gasteiger partial charge on any atom is 0.360 e. The molecule has 7 nitrogen and oxygen atoms in total. The van der Waals surface area contributed by atoms with Gasteiger partial charge in [0.2, 0.25) is 0 Å². The van der Waals surface area contributed by atoms with Crippen molar-refractivity contribution in [1.29, 1.82) is 0 Å². The van der Waals surface area contributed by atoms with Crippen LogP contribution in [0.15, 0.2) is 39.9 Å². The van der Waals surface area contributed by atoms with E-state index in [4.69, 9.17) is 0 Å². The van der Waals surface area contributed by atoms with Crippen LogP contribution in [0.5, 0.6) is 0 Å². The van der Waals surface area contributed by atoms with Gasteiger partial charge >= 0.3 is 16.5 Å². The normalized spacial score (nSPS) is 12.1. The summed E-state index contributed by atoms with van der Waals surface area (Å²) in [4.78, 5) is 35.8. The Morgan fingerprint density at radius 1 is 1.29 bits per heavy atom. The molecule has 1 atom stereocenters. The van der Waals surface area contributed by atoms with E-state index in [1.54, 1.807) is 0 Å². The zero-order valence-corrected chi connectivity index (χ0v) is 14.5. The number of likely N-dealkylation sites (N-methyl/N-ethyl adjacent to an activating group) is 1. The van der Waals surface area contributed by atoms with E-state index in [0.717, 1.165) is 38.6 Å². The van der Waals surface area contributed by atoms with Crippen LogP contribution in [0.4, 0.5) is 0 Å². The van der Waals surface area contributed by atoms with Gasteiger partial charge in [-0.3, -0.25) is 9.80 Å². The second kappa shape index (κ2) is 7.96. The van der Waals surface area contributed by atoms with Crippen LogP contribution in [0.1, 0.15) is 31.7 Å². The number of nitrogens with zero attached hydrogens (tertiary/aromatic N) is 3. The van der Waals surface area contributed by atoms with Gasteiger partial charge in [0.1, 0.15) is 6.04 Å². The first-order chi connectivity index (χ1) is 11.5. The van der Waals surface area contributed by atoms with E-state index in [1.165, 1.54) is 12.1 Å². The summed E-state index contributed by atoms with van der Waals surface area (Å²) in [5.74, 6) is -1.01. The number of carboxylic acids is 1. The highest BCUT2D eigenvalue weighted by atomic mass is 32.1. The van der Waals surface area contributed by atoms with Gasteiger partial charge in [0.15, 0.2) is 0 Å². The number of hydrogen-bond donors (Lipinski definition) is 1. The Labute approximate surface area is 143 Å². The van der Waals surface area contributed by atoms with Gasteiger partial charge in [0.25, 0.3) is 0 Å². The van der Waals surface area contributed by atoms with Crippen molar-refractivity contribution in [2.24, 2.45) is 0 Å². The van der Waals surface area contributed by atoms with Gasteiger partial charge in [-0.15, -0.1) is 0 Å². The van der Waals surface area contributed by atoms with Crippen LogP contribution in [-0.4, -0.2) is 32.8 Å². The molecule has 2 rings (SSSR count). The van der Waals surface area contributed by atoms with E-state index < -0.39 is 22.6 Å². The Morgan fingerprint density at radius 3 is 2.54 bits per heavy atom. The average molecular weight is 351 g/mol. The lowest BCUT2D eigenvalue weighted by atomic mass is 10.1. The van der Waals surface area contributed by atoms with Crippen molar-refractivity contribution in [3.05, 3.63) is 56.0 Å². The summed E-state index contributed by atoms with van der Waals surface area (Å²) in [7, 11) is 1.53. The quantitative estimate of drug-likeness (QED) is 0.776. The van der Waals surface area contributed by atoms with Crippen LogP contribution >= 0.6 is 11.5 Å². The number of aliphatic carboxylic acids is 1. The molecule has 1 aromatic carbocycles. The summed E-state index contributed by atoms with van der Waals surface area (Å²) in [5.41, 5.74) is 0.323. The maximum atomic E-state index is 12.5. The Morgan fingerprint density at radius 2 is 1.96 bits per heavy atom. The number of rotatable bonds is 8. The fourth-order valence-corrected chi connectivity index (χ4v) is 3.24. The van der Waals surface area contributed by atoms with Crippen molar-refractivity contribution < 1.29 is 9.90 Å². The largest absolute Gasteiger partial charge is 0.480 e. The molecule has 0 saturated carbocycles. The van der Waals surface area contributed by atoms with Crippen LogP contribution in [-0.2, 0) is 11.3 Å². The maximum absolute atomic E-state index is 12.5. The van der Waals surface area contributed by atoms with Gasteiger partial charge in [-0.25, -0.2) is 14.2 Å². The minimum Gasteiger partial charge on any atom is -0.480 e. The summed E-state index contributed by atoms with van der Waals surface area (Å²) < 4.78 is 2.26. The molecule has 1 heterocycles. The zero-order chi connectivity index (χ0) is 17.7. The molecule has 0 saturated heterocycles. The van der Waals surface area contributed by atoms with Gasteiger partial charge in [-0.05, 0) is 12.0 Å². The average Bonchev–Trinajstić information content (AvgIpc) is 2.84. The number of unbranched alkanes of at least 4 members (excludes halogenated alkanes) is 1. The summed E-state index contributed by atoms with van der Waals surface area (Å²) in [6.07, 6.45) is 2.01. The molecule has 8 heteroatoms. The van der Waals surface area contributed by atoms with Crippen LogP contribution in [0, 0.1) is 0 Å². The molecular formula is C16H21N3O4S. The monoisotopic (exact) mass is 351 g/mol. The summed E-state index contributed by atoms with van der Waals surface area (Å²) in [5, 5.41) is 10.7. The lowest BCUT2D eigenvalue weighted by molar-refractivity contribution is -0.139. The van der Waals surface area contributed by atoms with E-state index in [-0.39, 0.29) is 6.54 Å². The van der Waals surface area contributed by atoms with Gasteiger partial charge in [0, 0.05) is 18.6 Å². The fourth-order valence-electron chi connectivity index (χ4n) is 2.44. The highest BCUT2D eigenvalue weighted by Crippen LogP contribution is 2.08. The fraction of sp³-hybridized carbons (Fsp3) is 0.438. The van der Waals surface area contributed by atoms with E-state index >= 15 is 0 Å². The molecule has 0 aliphatic rings. The highest BCUT2D eigenvalue weighted by Gasteiger charge is 2.25. The molecule has 0 aliphatic heterocycles. The number of hydrogen-bond acceptors (Lipinski definition) is 5.